The molecule has 0 aromatic heterocycles. The fourth-order valence-corrected chi connectivity index (χ4v) is 3.24. The maximum Gasteiger partial charge on any atom is 0.317 e. The zero-order valence-electron chi connectivity index (χ0n) is 15.3. The van der Waals surface area contributed by atoms with Crippen LogP contribution in [0.1, 0.15) is 5.56 Å². The van der Waals surface area contributed by atoms with Gasteiger partial charge in [0.05, 0.1) is 11.6 Å². The minimum atomic E-state index is -0.412. The molecule has 0 aliphatic carbocycles. The summed E-state index contributed by atoms with van der Waals surface area (Å²) in [7, 11) is 0. The first-order valence-corrected chi connectivity index (χ1v) is 9.33. The first kappa shape index (κ1) is 19.3. The third-order valence-corrected chi connectivity index (χ3v) is 4.76. The van der Waals surface area contributed by atoms with Crippen molar-refractivity contribution in [1.82, 2.24) is 10.2 Å². The number of urea groups is 1. The average Bonchev–Trinajstić information content (AvgIpc) is 2.66. The van der Waals surface area contributed by atoms with E-state index in [0.717, 1.165) is 13.1 Å². The molecule has 2 aromatic carbocycles. The van der Waals surface area contributed by atoms with Gasteiger partial charge >= 0.3 is 6.03 Å². The van der Waals surface area contributed by atoms with Gasteiger partial charge in [-0.3, -0.25) is 0 Å². The van der Waals surface area contributed by atoms with Crippen LogP contribution in [0.2, 0.25) is 5.02 Å². The summed E-state index contributed by atoms with van der Waals surface area (Å²) in [6.45, 7) is 5.64. The minimum absolute atomic E-state index is 0.104. The fraction of sp³-hybridized carbons (Fsp3) is 0.350. The van der Waals surface area contributed by atoms with Crippen molar-refractivity contribution < 1.29 is 13.9 Å². The number of ether oxygens (including phenoxy) is 1. The molecule has 2 amide bonds. The number of rotatable bonds is 5. The molecule has 27 heavy (non-hydrogen) atoms. The summed E-state index contributed by atoms with van der Waals surface area (Å²) in [5.74, 6) is -0.00968. The second-order valence-corrected chi connectivity index (χ2v) is 6.88. The Morgan fingerprint density at radius 1 is 1.19 bits per heavy atom. The monoisotopic (exact) mass is 391 g/mol. The lowest BCUT2D eigenvalue weighted by molar-refractivity contribution is 0.191. The third kappa shape index (κ3) is 5.26. The summed E-state index contributed by atoms with van der Waals surface area (Å²) >= 11 is 5.90. The van der Waals surface area contributed by atoms with E-state index < -0.39 is 5.82 Å². The van der Waals surface area contributed by atoms with Crippen LogP contribution in [0.5, 0.6) is 5.75 Å². The van der Waals surface area contributed by atoms with Crippen LogP contribution < -0.4 is 15.0 Å². The van der Waals surface area contributed by atoms with Gasteiger partial charge in [-0.1, -0.05) is 23.7 Å². The van der Waals surface area contributed by atoms with Crippen molar-refractivity contribution in [3.05, 3.63) is 58.9 Å². The molecule has 0 bridgehead atoms. The largest absolute Gasteiger partial charge is 0.490 e. The standard InChI is InChI=1S/C20H23ClFN3O2/c1-15-3-2-4-17(13-15)24-8-10-25(11-9-24)20(26)23-7-12-27-19-6-5-16(22)14-18(19)21/h2-6,13-14H,7-12H2,1H3,(H,23,26). The number of carbonyl (C=O) groups excluding carboxylic acids is 1. The molecule has 1 fully saturated rings. The first-order valence-electron chi connectivity index (χ1n) is 8.95. The number of anilines is 1. The SMILES string of the molecule is Cc1cccc(N2CCN(C(=O)NCCOc3ccc(F)cc3Cl)CC2)c1. The molecule has 1 heterocycles. The van der Waals surface area contributed by atoms with E-state index >= 15 is 0 Å². The zero-order valence-corrected chi connectivity index (χ0v) is 16.0. The molecule has 0 spiro atoms. The summed E-state index contributed by atoms with van der Waals surface area (Å²) in [4.78, 5) is 16.4. The number of carbonyl (C=O) groups is 1. The summed E-state index contributed by atoms with van der Waals surface area (Å²) in [6, 6.07) is 12.2. The molecule has 2 aromatic rings. The lowest BCUT2D eigenvalue weighted by Gasteiger charge is -2.36. The van der Waals surface area contributed by atoms with Gasteiger partial charge in [0.2, 0.25) is 0 Å². The second-order valence-electron chi connectivity index (χ2n) is 6.47. The molecule has 0 saturated carbocycles. The molecular weight excluding hydrogens is 369 g/mol. The van der Waals surface area contributed by atoms with Crippen LogP contribution in [0.15, 0.2) is 42.5 Å². The molecule has 1 saturated heterocycles. The molecule has 1 aliphatic rings. The van der Waals surface area contributed by atoms with Crippen LogP contribution in [0.25, 0.3) is 0 Å². The molecular formula is C20H23ClFN3O2. The Hall–Kier alpha value is -2.47. The Labute approximate surface area is 163 Å². The van der Waals surface area contributed by atoms with Gasteiger partial charge in [-0.25, -0.2) is 9.18 Å². The van der Waals surface area contributed by atoms with Gasteiger partial charge in [0.25, 0.3) is 0 Å². The lowest BCUT2D eigenvalue weighted by Crippen LogP contribution is -2.52. The lowest BCUT2D eigenvalue weighted by atomic mass is 10.2. The smallest absolute Gasteiger partial charge is 0.317 e. The number of hydrogen-bond donors (Lipinski definition) is 1. The van der Waals surface area contributed by atoms with E-state index in [4.69, 9.17) is 16.3 Å². The maximum atomic E-state index is 13.0. The molecule has 7 heteroatoms. The minimum Gasteiger partial charge on any atom is -0.490 e. The molecule has 0 atom stereocenters. The Morgan fingerprint density at radius 2 is 1.96 bits per heavy atom. The highest BCUT2D eigenvalue weighted by Crippen LogP contribution is 2.24. The van der Waals surface area contributed by atoms with Crippen LogP contribution in [0.4, 0.5) is 14.9 Å². The molecule has 5 nitrogen and oxygen atoms in total. The number of benzene rings is 2. The Bertz CT molecular complexity index is 795. The van der Waals surface area contributed by atoms with Crippen molar-refractivity contribution in [3.8, 4) is 5.75 Å². The Morgan fingerprint density at radius 3 is 2.67 bits per heavy atom. The summed E-state index contributed by atoms with van der Waals surface area (Å²) < 4.78 is 18.5. The molecule has 3 rings (SSSR count). The number of piperazine rings is 1. The van der Waals surface area contributed by atoms with E-state index in [1.165, 1.54) is 29.4 Å². The number of nitrogens with one attached hydrogen (secondary N) is 1. The van der Waals surface area contributed by atoms with Gasteiger partial charge < -0.3 is 19.9 Å². The van der Waals surface area contributed by atoms with Gasteiger partial charge in [0.1, 0.15) is 18.2 Å². The van der Waals surface area contributed by atoms with Crippen LogP contribution >= 0.6 is 11.6 Å². The van der Waals surface area contributed by atoms with Crippen molar-refractivity contribution in [2.75, 3.05) is 44.2 Å². The normalized spacial score (nSPS) is 14.2. The van der Waals surface area contributed by atoms with Crippen molar-refractivity contribution >= 4 is 23.3 Å². The predicted octanol–water partition coefficient (Wildman–Crippen LogP) is 3.70. The fourth-order valence-electron chi connectivity index (χ4n) is 3.02. The summed E-state index contributed by atoms with van der Waals surface area (Å²) in [6.07, 6.45) is 0. The number of hydrogen-bond acceptors (Lipinski definition) is 3. The van der Waals surface area contributed by atoms with E-state index in [9.17, 15) is 9.18 Å². The number of nitrogens with zero attached hydrogens (tertiary/aromatic N) is 2. The molecule has 144 valence electrons. The molecule has 1 N–H and O–H groups in total. The third-order valence-electron chi connectivity index (χ3n) is 4.46. The van der Waals surface area contributed by atoms with E-state index in [1.54, 1.807) is 4.90 Å². The summed E-state index contributed by atoms with van der Waals surface area (Å²) in [5.41, 5.74) is 2.42. The maximum absolute atomic E-state index is 13.0. The van der Waals surface area contributed by atoms with Gasteiger partial charge in [0.15, 0.2) is 0 Å². The highest BCUT2D eigenvalue weighted by molar-refractivity contribution is 6.32. The van der Waals surface area contributed by atoms with E-state index in [2.05, 4.69) is 41.4 Å². The quantitative estimate of drug-likeness (QED) is 0.790. The van der Waals surface area contributed by atoms with Gasteiger partial charge in [0, 0.05) is 31.9 Å². The van der Waals surface area contributed by atoms with Gasteiger partial charge in [-0.2, -0.15) is 0 Å². The molecule has 0 radical (unpaired) electrons. The van der Waals surface area contributed by atoms with E-state index in [0.29, 0.717) is 25.4 Å². The zero-order chi connectivity index (χ0) is 19.2. The second kappa shape index (κ2) is 8.95. The topological polar surface area (TPSA) is 44.8 Å². The number of amides is 2. The number of aryl methyl sites for hydroxylation is 1. The average molecular weight is 392 g/mol. The van der Waals surface area contributed by atoms with Crippen molar-refractivity contribution in [3.63, 3.8) is 0 Å². The van der Waals surface area contributed by atoms with Crippen LogP contribution in [-0.2, 0) is 0 Å². The van der Waals surface area contributed by atoms with Crippen molar-refractivity contribution in [1.29, 1.82) is 0 Å². The van der Waals surface area contributed by atoms with Crippen LogP contribution in [-0.4, -0.2) is 50.3 Å². The molecule has 0 unspecified atom stereocenters. The first-order chi connectivity index (χ1) is 13.0. The highest BCUT2D eigenvalue weighted by atomic mass is 35.5. The highest BCUT2D eigenvalue weighted by Gasteiger charge is 2.21. The Kier molecular flexibility index (Phi) is 6.40. The number of halogens is 2. The predicted molar refractivity (Wildman–Crippen MR) is 105 cm³/mol. The van der Waals surface area contributed by atoms with Crippen LogP contribution in [0.3, 0.4) is 0 Å². The van der Waals surface area contributed by atoms with Crippen LogP contribution in [0, 0.1) is 12.7 Å². The van der Waals surface area contributed by atoms with Gasteiger partial charge in [-0.15, -0.1) is 0 Å². The van der Waals surface area contributed by atoms with E-state index in [1.807, 2.05) is 0 Å². The van der Waals surface area contributed by atoms with E-state index in [-0.39, 0.29) is 17.7 Å². The summed E-state index contributed by atoms with van der Waals surface area (Å²) in [5, 5.41) is 3.06. The van der Waals surface area contributed by atoms with Crippen molar-refractivity contribution in [2.24, 2.45) is 0 Å². The molecule has 1 aliphatic heterocycles. The van der Waals surface area contributed by atoms with Crippen molar-refractivity contribution in [2.45, 2.75) is 6.92 Å². The van der Waals surface area contributed by atoms with Gasteiger partial charge in [-0.05, 0) is 42.8 Å². The Balaban J connectivity index is 1.39.